The standard InChI is InChI=1S/C21H26N4O4/c1-5-29-18-13-25-15(11-14(23-25)8-9-21(2,3)28)12-17(18)22-19(26)16-7-6-10-24(4)20(16)27/h6-7,10-13,28H,5,8-9H2,1-4H3,(H,22,26). The van der Waals surface area contributed by atoms with Gasteiger partial charge in [0.25, 0.3) is 11.5 Å². The Hall–Kier alpha value is -3.13. The van der Waals surface area contributed by atoms with Crippen molar-refractivity contribution in [1.82, 2.24) is 14.2 Å². The maximum absolute atomic E-state index is 12.7. The van der Waals surface area contributed by atoms with Crippen LogP contribution >= 0.6 is 0 Å². The fourth-order valence-electron chi connectivity index (χ4n) is 2.96. The van der Waals surface area contributed by atoms with Crippen molar-refractivity contribution in [2.75, 3.05) is 11.9 Å². The van der Waals surface area contributed by atoms with Gasteiger partial charge in [-0.25, -0.2) is 4.52 Å². The molecule has 3 aromatic heterocycles. The van der Waals surface area contributed by atoms with Crippen LogP contribution in [0, 0.1) is 0 Å². The lowest BCUT2D eigenvalue weighted by atomic mass is 10.0. The number of carbonyl (C=O) groups is 1. The summed E-state index contributed by atoms with van der Waals surface area (Å²) in [6, 6.07) is 6.80. The van der Waals surface area contributed by atoms with Crippen molar-refractivity contribution in [1.29, 1.82) is 0 Å². The van der Waals surface area contributed by atoms with Crippen LogP contribution in [0.4, 0.5) is 5.69 Å². The number of amides is 1. The Kier molecular flexibility index (Phi) is 5.74. The van der Waals surface area contributed by atoms with Crippen LogP contribution in [0.5, 0.6) is 5.75 Å². The molecule has 0 fully saturated rings. The zero-order valence-electron chi connectivity index (χ0n) is 17.1. The summed E-state index contributed by atoms with van der Waals surface area (Å²) in [6.45, 7) is 5.78. The van der Waals surface area contributed by atoms with Crippen LogP contribution in [0.15, 0.2) is 41.5 Å². The number of nitrogens with one attached hydrogen (secondary N) is 1. The third-order valence-electron chi connectivity index (χ3n) is 4.52. The molecule has 1 amide bonds. The molecule has 0 bridgehead atoms. The van der Waals surface area contributed by atoms with E-state index in [1.165, 1.54) is 10.6 Å². The SMILES string of the molecule is CCOc1cn2nc(CCC(C)(C)O)cc2cc1NC(=O)c1cccn(C)c1=O. The molecule has 0 radical (unpaired) electrons. The van der Waals surface area contributed by atoms with Crippen molar-refractivity contribution < 1.29 is 14.6 Å². The number of aliphatic hydroxyl groups is 1. The molecule has 0 saturated heterocycles. The van der Waals surface area contributed by atoms with E-state index in [1.54, 1.807) is 49.9 Å². The number of ether oxygens (including phenoxy) is 1. The Morgan fingerprint density at radius 3 is 2.79 bits per heavy atom. The van der Waals surface area contributed by atoms with Gasteiger partial charge in [-0.15, -0.1) is 0 Å². The average molecular weight is 398 g/mol. The van der Waals surface area contributed by atoms with Gasteiger partial charge in [-0.1, -0.05) is 0 Å². The fraction of sp³-hybridized carbons (Fsp3) is 0.381. The van der Waals surface area contributed by atoms with Crippen molar-refractivity contribution >= 4 is 17.1 Å². The van der Waals surface area contributed by atoms with E-state index >= 15 is 0 Å². The van der Waals surface area contributed by atoms with Gasteiger partial charge in [-0.3, -0.25) is 9.59 Å². The Morgan fingerprint density at radius 1 is 1.34 bits per heavy atom. The number of pyridine rings is 2. The number of fused-ring (bicyclic) bond motifs is 1. The second-order valence-corrected chi connectivity index (χ2v) is 7.59. The molecule has 0 spiro atoms. The van der Waals surface area contributed by atoms with Crippen LogP contribution in [0.2, 0.25) is 0 Å². The van der Waals surface area contributed by atoms with Gasteiger partial charge >= 0.3 is 0 Å². The number of hydrogen-bond donors (Lipinski definition) is 2. The molecule has 0 saturated carbocycles. The van der Waals surface area contributed by atoms with Gasteiger partial charge in [0.2, 0.25) is 0 Å². The van der Waals surface area contributed by atoms with E-state index in [0.29, 0.717) is 30.9 Å². The Bertz CT molecular complexity index is 1090. The van der Waals surface area contributed by atoms with Gasteiger partial charge in [-0.2, -0.15) is 5.10 Å². The summed E-state index contributed by atoms with van der Waals surface area (Å²) in [5.41, 5.74) is 0.974. The van der Waals surface area contributed by atoms with Gasteiger partial charge in [-0.05, 0) is 57.9 Å². The average Bonchev–Trinajstić information content (AvgIpc) is 3.04. The van der Waals surface area contributed by atoms with Crippen molar-refractivity contribution in [2.24, 2.45) is 7.05 Å². The number of nitrogens with zero attached hydrogens (tertiary/aromatic N) is 3. The quantitative estimate of drug-likeness (QED) is 0.637. The first-order valence-electron chi connectivity index (χ1n) is 9.52. The molecule has 2 N–H and O–H groups in total. The molecule has 0 aromatic carbocycles. The summed E-state index contributed by atoms with van der Waals surface area (Å²) in [5.74, 6) is -0.0449. The first-order chi connectivity index (χ1) is 13.7. The lowest BCUT2D eigenvalue weighted by Gasteiger charge is -2.15. The van der Waals surface area contributed by atoms with Crippen molar-refractivity contribution in [2.45, 2.75) is 39.2 Å². The molecule has 154 valence electrons. The largest absolute Gasteiger partial charge is 0.490 e. The summed E-state index contributed by atoms with van der Waals surface area (Å²) < 4.78 is 8.70. The fourth-order valence-corrected chi connectivity index (χ4v) is 2.96. The second-order valence-electron chi connectivity index (χ2n) is 7.59. The molecule has 8 nitrogen and oxygen atoms in total. The van der Waals surface area contributed by atoms with Gasteiger partial charge in [0.1, 0.15) is 5.56 Å². The molecule has 8 heteroatoms. The van der Waals surface area contributed by atoms with Gasteiger partial charge < -0.3 is 19.7 Å². The van der Waals surface area contributed by atoms with Crippen LogP contribution in [0.3, 0.4) is 0 Å². The topological polar surface area (TPSA) is 97.9 Å². The maximum atomic E-state index is 12.7. The monoisotopic (exact) mass is 398 g/mol. The van der Waals surface area contributed by atoms with E-state index in [4.69, 9.17) is 4.74 Å². The molecule has 0 aliphatic carbocycles. The molecule has 3 rings (SSSR count). The van der Waals surface area contributed by atoms with E-state index in [9.17, 15) is 14.7 Å². The summed E-state index contributed by atoms with van der Waals surface area (Å²) in [4.78, 5) is 24.9. The minimum absolute atomic E-state index is 0.0525. The Balaban J connectivity index is 1.93. The minimum Gasteiger partial charge on any atom is -0.490 e. The van der Waals surface area contributed by atoms with Crippen molar-refractivity contribution in [3.8, 4) is 5.75 Å². The number of aryl methyl sites for hydroxylation is 2. The highest BCUT2D eigenvalue weighted by Crippen LogP contribution is 2.27. The summed E-state index contributed by atoms with van der Waals surface area (Å²) in [5, 5.41) is 17.2. The Labute approximate surface area is 168 Å². The molecule has 0 aliphatic rings. The molecule has 0 aliphatic heterocycles. The normalized spacial score (nSPS) is 11.6. The van der Waals surface area contributed by atoms with Crippen LogP contribution < -0.4 is 15.6 Å². The molecular weight excluding hydrogens is 372 g/mol. The first-order valence-corrected chi connectivity index (χ1v) is 9.52. The predicted octanol–water partition coefficient (Wildman–Crippen LogP) is 2.39. The highest BCUT2D eigenvalue weighted by atomic mass is 16.5. The van der Waals surface area contributed by atoms with Gasteiger partial charge in [0.15, 0.2) is 5.75 Å². The molecular formula is C21H26N4O4. The van der Waals surface area contributed by atoms with Crippen molar-refractivity contribution in [3.05, 3.63) is 58.3 Å². The molecule has 29 heavy (non-hydrogen) atoms. The number of carbonyl (C=O) groups excluding carboxylic acids is 1. The summed E-state index contributed by atoms with van der Waals surface area (Å²) in [7, 11) is 1.60. The third kappa shape index (κ3) is 4.83. The van der Waals surface area contributed by atoms with Gasteiger partial charge in [0, 0.05) is 13.2 Å². The third-order valence-corrected chi connectivity index (χ3v) is 4.52. The molecule has 3 aromatic rings. The van der Waals surface area contributed by atoms with Crippen LogP contribution in [-0.2, 0) is 13.5 Å². The van der Waals surface area contributed by atoms with Crippen LogP contribution in [0.1, 0.15) is 43.2 Å². The number of rotatable bonds is 7. The minimum atomic E-state index is -0.771. The second kappa shape index (κ2) is 8.08. The molecule has 0 unspecified atom stereocenters. The van der Waals surface area contributed by atoms with Gasteiger partial charge in [0.05, 0.1) is 35.3 Å². The lowest BCUT2D eigenvalue weighted by Crippen LogP contribution is -2.27. The zero-order valence-corrected chi connectivity index (χ0v) is 17.1. The smallest absolute Gasteiger partial charge is 0.263 e. The van der Waals surface area contributed by atoms with Crippen LogP contribution in [-0.4, -0.2) is 37.4 Å². The van der Waals surface area contributed by atoms with E-state index in [0.717, 1.165) is 11.2 Å². The number of hydrogen-bond acceptors (Lipinski definition) is 5. The summed E-state index contributed by atoms with van der Waals surface area (Å²) in [6.07, 6.45) is 4.50. The maximum Gasteiger partial charge on any atom is 0.263 e. The highest BCUT2D eigenvalue weighted by molar-refractivity contribution is 6.05. The van der Waals surface area contributed by atoms with E-state index in [-0.39, 0.29) is 11.1 Å². The highest BCUT2D eigenvalue weighted by Gasteiger charge is 2.17. The number of aromatic nitrogens is 3. The summed E-state index contributed by atoms with van der Waals surface area (Å²) >= 11 is 0. The number of anilines is 1. The lowest BCUT2D eigenvalue weighted by molar-refractivity contribution is 0.0711. The van der Waals surface area contributed by atoms with Crippen LogP contribution in [0.25, 0.3) is 5.52 Å². The van der Waals surface area contributed by atoms with E-state index in [2.05, 4.69) is 10.4 Å². The zero-order chi connectivity index (χ0) is 21.2. The Morgan fingerprint density at radius 2 is 2.10 bits per heavy atom. The van der Waals surface area contributed by atoms with E-state index < -0.39 is 11.5 Å². The predicted molar refractivity (Wildman–Crippen MR) is 111 cm³/mol. The van der Waals surface area contributed by atoms with Crippen molar-refractivity contribution in [3.63, 3.8) is 0 Å². The molecule has 0 atom stereocenters. The van der Waals surface area contributed by atoms with E-state index in [1.807, 2.05) is 13.0 Å². The first kappa shape index (κ1) is 20.6. The molecule has 3 heterocycles.